The third-order valence-electron chi connectivity index (χ3n) is 8.34. The van der Waals surface area contributed by atoms with E-state index in [-0.39, 0.29) is 41.7 Å². The van der Waals surface area contributed by atoms with E-state index in [9.17, 15) is 22.8 Å². The van der Waals surface area contributed by atoms with Gasteiger partial charge >= 0.3 is 12.2 Å². The van der Waals surface area contributed by atoms with E-state index >= 15 is 0 Å². The van der Waals surface area contributed by atoms with Gasteiger partial charge in [-0.3, -0.25) is 4.79 Å². The molecule has 10 nitrogen and oxygen atoms in total. The normalized spacial score (nSPS) is 24.4. The summed E-state index contributed by atoms with van der Waals surface area (Å²) in [6.45, 7) is 0.607. The second kappa shape index (κ2) is 12.7. The Morgan fingerprint density at radius 1 is 1.07 bits per heavy atom. The van der Waals surface area contributed by atoms with Crippen LogP contribution in [0.15, 0.2) is 29.3 Å². The van der Waals surface area contributed by atoms with Crippen molar-refractivity contribution in [2.75, 3.05) is 20.2 Å². The zero-order chi connectivity index (χ0) is 29.9. The maximum atomic E-state index is 13.3. The first-order chi connectivity index (χ1) is 20.2. The van der Waals surface area contributed by atoms with Gasteiger partial charge in [0.25, 0.3) is 0 Å². The van der Waals surface area contributed by atoms with Crippen LogP contribution in [0.2, 0.25) is 0 Å². The van der Waals surface area contributed by atoms with Gasteiger partial charge in [-0.15, -0.1) is 0 Å². The van der Waals surface area contributed by atoms with Crippen LogP contribution in [0.5, 0.6) is 5.75 Å². The Balaban J connectivity index is 1.24. The van der Waals surface area contributed by atoms with Gasteiger partial charge in [0.1, 0.15) is 23.1 Å². The van der Waals surface area contributed by atoms with Crippen molar-refractivity contribution in [1.29, 1.82) is 0 Å². The molecule has 1 aromatic carbocycles. The number of nitrogens with one attached hydrogen (secondary N) is 3. The van der Waals surface area contributed by atoms with Crippen LogP contribution in [-0.2, 0) is 15.7 Å². The molecule has 2 heterocycles. The van der Waals surface area contributed by atoms with E-state index in [1.807, 2.05) is 0 Å². The highest BCUT2D eigenvalue weighted by Gasteiger charge is 2.38. The number of rotatable bonds is 9. The average molecular weight is 591 g/mol. The summed E-state index contributed by atoms with van der Waals surface area (Å²) in [5.74, 6) is 0.355. The summed E-state index contributed by atoms with van der Waals surface area (Å²) in [6, 6.07) is 4.54. The lowest BCUT2D eigenvalue weighted by Gasteiger charge is -2.31. The number of alkyl halides is 3. The van der Waals surface area contributed by atoms with Crippen molar-refractivity contribution < 1.29 is 32.2 Å². The number of aromatic nitrogens is 1. The van der Waals surface area contributed by atoms with Crippen molar-refractivity contribution in [3.05, 3.63) is 35.5 Å². The smallest absolute Gasteiger partial charge is 0.433 e. The molecule has 0 bridgehead atoms. The van der Waals surface area contributed by atoms with Gasteiger partial charge in [-0.2, -0.15) is 13.2 Å². The number of methoxy groups -OCH3 is 1. The molecule has 13 heteroatoms. The van der Waals surface area contributed by atoms with Gasteiger partial charge in [-0.1, -0.05) is 12.8 Å². The summed E-state index contributed by atoms with van der Waals surface area (Å²) in [4.78, 5) is 33.7. The summed E-state index contributed by atoms with van der Waals surface area (Å²) in [5, 5.41) is 9.37. The number of nitrogens with two attached hydrogens (primary N) is 1. The van der Waals surface area contributed by atoms with Crippen LogP contribution in [0.3, 0.4) is 0 Å². The minimum atomic E-state index is -4.62. The molecule has 3 amide bonds. The lowest BCUT2D eigenvalue weighted by Crippen LogP contribution is -2.48. The minimum absolute atomic E-state index is 0.0107. The fourth-order valence-electron chi connectivity index (χ4n) is 5.84. The van der Waals surface area contributed by atoms with E-state index < -0.39 is 24.0 Å². The Labute approximate surface area is 242 Å². The summed E-state index contributed by atoms with van der Waals surface area (Å²) in [7, 11) is 1.35. The molecular weight excluding hydrogens is 553 g/mol. The van der Waals surface area contributed by atoms with Crippen molar-refractivity contribution in [2.45, 2.75) is 81.8 Å². The zero-order valence-electron chi connectivity index (χ0n) is 23.5. The predicted molar refractivity (Wildman–Crippen MR) is 150 cm³/mol. The Morgan fingerprint density at radius 2 is 1.83 bits per heavy atom. The number of pyridine rings is 1. The van der Waals surface area contributed by atoms with E-state index in [2.05, 4.69) is 25.9 Å². The molecular formula is C29H37F3N6O4. The summed E-state index contributed by atoms with van der Waals surface area (Å²) in [5.41, 5.74) is 5.29. The molecule has 1 aromatic heterocycles. The van der Waals surface area contributed by atoms with E-state index in [1.54, 1.807) is 6.07 Å². The van der Waals surface area contributed by atoms with Crippen LogP contribution in [0.1, 0.15) is 62.6 Å². The maximum Gasteiger partial charge on any atom is 0.433 e. The predicted octanol–water partition coefficient (Wildman–Crippen LogP) is 3.65. The summed E-state index contributed by atoms with van der Waals surface area (Å²) >= 11 is 0. The quantitative estimate of drug-likeness (QED) is 0.352. The second-order valence-electron chi connectivity index (χ2n) is 11.2. The van der Waals surface area contributed by atoms with Crippen LogP contribution in [-0.4, -0.2) is 67.2 Å². The molecule has 2 saturated carbocycles. The fourth-order valence-corrected chi connectivity index (χ4v) is 5.84. The standard InChI is InChI=1S/C29H37F3N6O4/c1-41-21-10-8-20(19-9-11-23(29(30,31)32)37-24(19)21)27-38-25(22(15-33)42-27)26(39)35-18-7-2-4-16(14-18)12-13-34-28(40)36-17-5-3-6-17/h8-11,16-18,22,25H,2-7,12-15,33H2,1H3,(H,35,39)(H2,34,36,40). The molecule has 4 unspecified atom stereocenters. The van der Waals surface area contributed by atoms with Gasteiger partial charge < -0.3 is 31.2 Å². The van der Waals surface area contributed by atoms with Crippen molar-refractivity contribution in [3.8, 4) is 5.75 Å². The van der Waals surface area contributed by atoms with Gasteiger partial charge in [0.05, 0.1) is 7.11 Å². The van der Waals surface area contributed by atoms with Crippen molar-refractivity contribution in [3.63, 3.8) is 0 Å². The van der Waals surface area contributed by atoms with E-state index in [0.29, 0.717) is 29.5 Å². The van der Waals surface area contributed by atoms with Crippen molar-refractivity contribution >= 4 is 28.7 Å². The number of hydrogen-bond donors (Lipinski definition) is 4. The van der Waals surface area contributed by atoms with Crippen LogP contribution in [0.25, 0.3) is 10.9 Å². The molecule has 5 N–H and O–H groups in total. The van der Waals surface area contributed by atoms with E-state index in [1.165, 1.54) is 19.2 Å². The van der Waals surface area contributed by atoms with Crippen LogP contribution in [0, 0.1) is 5.92 Å². The number of carbonyl (C=O) groups excluding carboxylic acids is 2. The third kappa shape index (κ3) is 6.71. The first kappa shape index (κ1) is 29.9. The molecule has 3 aliphatic rings. The zero-order valence-corrected chi connectivity index (χ0v) is 23.5. The highest BCUT2D eigenvalue weighted by Crippen LogP contribution is 2.34. The number of amides is 3. The van der Waals surface area contributed by atoms with Crippen LogP contribution in [0.4, 0.5) is 18.0 Å². The molecule has 5 rings (SSSR count). The Morgan fingerprint density at radius 3 is 2.52 bits per heavy atom. The third-order valence-corrected chi connectivity index (χ3v) is 8.34. The lowest BCUT2D eigenvalue weighted by molar-refractivity contribution is -0.141. The number of hydrogen-bond acceptors (Lipinski definition) is 7. The highest BCUT2D eigenvalue weighted by molar-refractivity contribution is 6.09. The van der Waals surface area contributed by atoms with Crippen LogP contribution >= 0.6 is 0 Å². The number of benzene rings is 1. The fraction of sp³-hybridized carbons (Fsp3) is 0.586. The molecule has 42 heavy (non-hydrogen) atoms. The highest BCUT2D eigenvalue weighted by atomic mass is 19.4. The van der Waals surface area contributed by atoms with Gasteiger partial charge in [-0.25, -0.2) is 14.8 Å². The molecule has 1 aliphatic heterocycles. The second-order valence-corrected chi connectivity index (χ2v) is 11.2. The number of fused-ring (bicyclic) bond motifs is 1. The Hall–Kier alpha value is -3.61. The molecule has 2 aromatic rings. The molecule has 4 atom stereocenters. The van der Waals surface area contributed by atoms with Gasteiger partial charge in [0.2, 0.25) is 11.8 Å². The van der Waals surface area contributed by atoms with Gasteiger partial charge in [-0.05, 0) is 68.7 Å². The molecule has 228 valence electrons. The SMILES string of the molecule is COc1ccc(C2=NC(C(=O)NC3CCCC(CCNC(=O)NC4CCC4)C3)C(CN)O2)c2ccc(C(F)(F)F)nc12. The Kier molecular flexibility index (Phi) is 9.05. The molecule has 2 fully saturated rings. The first-order valence-electron chi connectivity index (χ1n) is 14.5. The number of carbonyl (C=O) groups is 2. The molecule has 0 spiro atoms. The minimum Gasteiger partial charge on any atom is -0.494 e. The number of ether oxygens (including phenoxy) is 2. The molecule has 0 radical (unpaired) electrons. The summed E-state index contributed by atoms with van der Waals surface area (Å²) in [6.07, 6.45) is 2.36. The topological polar surface area (TPSA) is 140 Å². The maximum absolute atomic E-state index is 13.3. The number of urea groups is 1. The first-order valence-corrected chi connectivity index (χ1v) is 14.5. The number of aliphatic imine (C=N–C) groups is 1. The average Bonchev–Trinajstić information content (AvgIpc) is 3.38. The molecule has 2 aliphatic carbocycles. The van der Waals surface area contributed by atoms with Crippen molar-refractivity contribution in [1.82, 2.24) is 20.9 Å². The van der Waals surface area contributed by atoms with Gasteiger partial charge in [0, 0.05) is 36.1 Å². The largest absolute Gasteiger partial charge is 0.494 e. The number of halogens is 3. The lowest BCUT2D eigenvalue weighted by atomic mass is 9.83. The van der Waals surface area contributed by atoms with Crippen molar-refractivity contribution in [2.24, 2.45) is 16.6 Å². The van der Waals surface area contributed by atoms with Crippen LogP contribution < -0.4 is 26.4 Å². The van der Waals surface area contributed by atoms with Gasteiger partial charge in [0.15, 0.2) is 6.04 Å². The Bertz CT molecular complexity index is 1330. The monoisotopic (exact) mass is 590 g/mol. The van der Waals surface area contributed by atoms with E-state index in [4.69, 9.17) is 15.2 Å². The van der Waals surface area contributed by atoms with E-state index in [0.717, 1.165) is 57.4 Å². The molecule has 0 saturated heterocycles. The summed E-state index contributed by atoms with van der Waals surface area (Å²) < 4.78 is 51.2. The number of nitrogens with zero attached hydrogens (tertiary/aromatic N) is 2.